The Morgan fingerprint density at radius 2 is 1.76 bits per heavy atom. The smallest absolute Gasteiger partial charge is 0.407 e. The summed E-state index contributed by atoms with van der Waals surface area (Å²) in [7, 11) is 0. The molecule has 0 saturated carbocycles. The van der Waals surface area contributed by atoms with Crippen LogP contribution in [0.3, 0.4) is 0 Å². The van der Waals surface area contributed by atoms with Crippen LogP contribution in [-0.4, -0.2) is 35.9 Å². The molecule has 0 bridgehead atoms. The van der Waals surface area contributed by atoms with Crippen molar-refractivity contribution in [3.05, 3.63) is 34.9 Å². The molecule has 0 saturated heterocycles. The third-order valence-electron chi connectivity index (χ3n) is 3.69. The summed E-state index contributed by atoms with van der Waals surface area (Å²) in [5.41, 5.74) is 0.832. The summed E-state index contributed by atoms with van der Waals surface area (Å²) in [4.78, 5) is 23.0. The van der Waals surface area contributed by atoms with Gasteiger partial charge in [0.25, 0.3) is 0 Å². The van der Waals surface area contributed by atoms with Crippen LogP contribution >= 0.6 is 11.6 Å². The first-order valence-corrected chi connectivity index (χ1v) is 8.74. The zero-order valence-electron chi connectivity index (χ0n) is 15.1. The van der Waals surface area contributed by atoms with E-state index in [2.05, 4.69) is 10.6 Å². The fourth-order valence-corrected chi connectivity index (χ4v) is 2.43. The lowest BCUT2D eigenvalue weighted by molar-refractivity contribution is -0.137. The Hall–Kier alpha value is -1.79. The molecule has 0 aliphatic heterocycles. The second kappa shape index (κ2) is 10.3. The van der Waals surface area contributed by atoms with Gasteiger partial charge >= 0.3 is 12.1 Å². The van der Waals surface area contributed by atoms with Gasteiger partial charge in [0.15, 0.2) is 0 Å². The number of alkyl carbamates (subject to hydrolysis) is 1. The summed E-state index contributed by atoms with van der Waals surface area (Å²) in [6.07, 6.45) is -0.741. The minimum Gasteiger partial charge on any atom is -0.481 e. The zero-order chi connectivity index (χ0) is 19.0. The molecule has 0 aliphatic carbocycles. The number of carbonyl (C=O) groups excluding carboxylic acids is 1. The zero-order valence-corrected chi connectivity index (χ0v) is 15.8. The number of halogens is 1. The molecule has 2 atom stereocenters. The molecular formula is C18H27ClN2O4. The Bertz CT molecular complexity index is 561. The Morgan fingerprint density at radius 3 is 2.24 bits per heavy atom. The van der Waals surface area contributed by atoms with Gasteiger partial charge in [-0.15, -0.1) is 0 Å². The molecule has 0 fully saturated rings. The number of benzene rings is 1. The summed E-state index contributed by atoms with van der Waals surface area (Å²) < 4.78 is 5.11. The van der Waals surface area contributed by atoms with Gasteiger partial charge in [0.1, 0.15) is 0 Å². The fraction of sp³-hybridized carbons (Fsp3) is 0.556. The third-order valence-corrected chi connectivity index (χ3v) is 3.94. The summed E-state index contributed by atoms with van der Waals surface area (Å²) in [6.45, 7) is 7.95. The first-order chi connectivity index (χ1) is 11.7. The summed E-state index contributed by atoms with van der Waals surface area (Å²) >= 11 is 5.89. The van der Waals surface area contributed by atoms with Crippen molar-refractivity contribution in [3.8, 4) is 0 Å². The lowest BCUT2D eigenvalue weighted by Crippen LogP contribution is -2.46. The molecule has 0 spiro atoms. The monoisotopic (exact) mass is 370 g/mol. The highest BCUT2D eigenvalue weighted by atomic mass is 35.5. The molecule has 0 radical (unpaired) electrons. The van der Waals surface area contributed by atoms with Gasteiger partial charge < -0.3 is 20.5 Å². The van der Waals surface area contributed by atoms with Gasteiger partial charge in [0.05, 0.1) is 12.5 Å². The predicted molar refractivity (Wildman–Crippen MR) is 97.8 cm³/mol. The van der Waals surface area contributed by atoms with Gasteiger partial charge in [-0.2, -0.15) is 0 Å². The molecular weight excluding hydrogens is 344 g/mol. The quantitative estimate of drug-likeness (QED) is 0.618. The number of amides is 1. The molecule has 3 N–H and O–H groups in total. The van der Waals surface area contributed by atoms with Crippen molar-refractivity contribution in [1.82, 2.24) is 10.6 Å². The van der Waals surface area contributed by atoms with E-state index in [4.69, 9.17) is 21.4 Å². The van der Waals surface area contributed by atoms with Crippen LogP contribution in [0.25, 0.3) is 0 Å². The molecule has 2 unspecified atom stereocenters. The minimum atomic E-state index is -0.902. The highest BCUT2D eigenvalue weighted by molar-refractivity contribution is 6.30. The van der Waals surface area contributed by atoms with Gasteiger partial charge in [-0.3, -0.25) is 4.79 Å². The normalized spacial score (nSPS) is 13.6. The number of hydrogen-bond acceptors (Lipinski definition) is 4. The van der Waals surface area contributed by atoms with Gasteiger partial charge in [0.2, 0.25) is 0 Å². The number of carboxylic acid groups (broad SMARTS) is 1. The predicted octanol–water partition coefficient (Wildman–Crippen LogP) is 3.60. The second-order valence-electron chi connectivity index (χ2n) is 6.56. The number of carboxylic acids is 1. The van der Waals surface area contributed by atoms with Gasteiger partial charge in [-0.25, -0.2) is 4.79 Å². The SMILES string of the molecule is CC(C)OC(=O)NC(CNC(CC(=O)O)c1ccc(Cl)cc1)C(C)C. The molecule has 140 valence electrons. The summed E-state index contributed by atoms with van der Waals surface area (Å²) in [6, 6.07) is 6.49. The number of hydrogen-bond donors (Lipinski definition) is 3. The first-order valence-electron chi connectivity index (χ1n) is 8.36. The minimum absolute atomic E-state index is 0.0666. The van der Waals surface area contributed by atoms with Crippen molar-refractivity contribution in [2.75, 3.05) is 6.54 Å². The number of ether oxygens (including phenoxy) is 1. The molecule has 1 amide bonds. The molecule has 0 aliphatic rings. The van der Waals surface area contributed by atoms with Crippen LogP contribution in [-0.2, 0) is 9.53 Å². The number of rotatable bonds is 9. The van der Waals surface area contributed by atoms with Crippen LogP contribution in [0.2, 0.25) is 5.02 Å². The molecule has 0 heterocycles. The van der Waals surface area contributed by atoms with Crippen LogP contribution in [0.5, 0.6) is 0 Å². The van der Waals surface area contributed by atoms with E-state index in [0.29, 0.717) is 11.6 Å². The summed E-state index contributed by atoms with van der Waals surface area (Å²) in [5.74, 6) is -0.747. The van der Waals surface area contributed by atoms with E-state index in [1.165, 1.54) is 0 Å². The topological polar surface area (TPSA) is 87.7 Å². The van der Waals surface area contributed by atoms with E-state index < -0.39 is 12.1 Å². The van der Waals surface area contributed by atoms with Crippen molar-refractivity contribution in [2.45, 2.75) is 52.3 Å². The maximum Gasteiger partial charge on any atom is 0.407 e. The Kier molecular flexibility index (Phi) is 8.72. The van der Waals surface area contributed by atoms with Crippen molar-refractivity contribution < 1.29 is 19.4 Å². The van der Waals surface area contributed by atoms with Gasteiger partial charge in [-0.1, -0.05) is 37.6 Å². The standard InChI is InChI=1S/C18H27ClN2O4/c1-11(2)16(21-18(24)25-12(3)4)10-20-15(9-17(22)23)13-5-7-14(19)8-6-13/h5-8,11-12,15-16,20H,9-10H2,1-4H3,(H,21,24)(H,22,23). The number of aliphatic carboxylic acids is 1. The van der Waals surface area contributed by atoms with E-state index in [0.717, 1.165) is 5.56 Å². The molecule has 1 aromatic carbocycles. The molecule has 7 heteroatoms. The molecule has 0 aromatic heterocycles. The Morgan fingerprint density at radius 1 is 1.16 bits per heavy atom. The van der Waals surface area contributed by atoms with Crippen LogP contribution in [0.4, 0.5) is 4.79 Å². The van der Waals surface area contributed by atoms with Crippen molar-refractivity contribution in [1.29, 1.82) is 0 Å². The fourth-order valence-electron chi connectivity index (χ4n) is 2.30. The number of carbonyl (C=O) groups is 2. The Labute approximate surface area is 153 Å². The highest BCUT2D eigenvalue weighted by Gasteiger charge is 2.21. The lowest BCUT2D eigenvalue weighted by Gasteiger charge is -2.26. The second-order valence-corrected chi connectivity index (χ2v) is 7.00. The van der Waals surface area contributed by atoms with Crippen molar-refractivity contribution in [2.24, 2.45) is 5.92 Å². The average Bonchev–Trinajstić information content (AvgIpc) is 2.49. The van der Waals surface area contributed by atoms with Crippen LogP contribution in [0.15, 0.2) is 24.3 Å². The van der Waals surface area contributed by atoms with Gasteiger partial charge in [0, 0.05) is 23.7 Å². The maximum atomic E-state index is 11.8. The molecule has 25 heavy (non-hydrogen) atoms. The highest BCUT2D eigenvalue weighted by Crippen LogP contribution is 2.20. The van der Waals surface area contributed by atoms with Crippen LogP contribution in [0, 0.1) is 5.92 Å². The van der Waals surface area contributed by atoms with E-state index >= 15 is 0 Å². The molecule has 6 nitrogen and oxygen atoms in total. The maximum absolute atomic E-state index is 11.8. The average molecular weight is 371 g/mol. The third kappa shape index (κ3) is 8.23. The molecule has 1 rings (SSSR count). The van der Waals surface area contributed by atoms with Crippen molar-refractivity contribution in [3.63, 3.8) is 0 Å². The van der Waals surface area contributed by atoms with Crippen LogP contribution < -0.4 is 10.6 Å². The van der Waals surface area contributed by atoms with E-state index in [-0.39, 0.29) is 30.5 Å². The van der Waals surface area contributed by atoms with E-state index in [1.54, 1.807) is 38.1 Å². The largest absolute Gasteiger partial charge is 0.481 e. The summed E-state index contributed by atoms with van der Waals surface area (Å²) in [5, 5.41) is 15.8. The molecule has 1 aromatic rings. The first kappa shape index (κ1) is 21.3. The lowest BCUT2D eigenvalue weighted by atomic mass is 10.0. The number of nitrogens with one attached hydrogen (secondary N) is 2. The van der Waals surface area contributed by atoms with Crippen LogP contribution in [0.1, 0.15) is 45.7 Å². The van der Waals surface area contributed by atoms with E-state index in [1.807, 2.05) is 13.8 Å². The van der Waals surface area contributed by atoms with E-state index in [9.17, 15) is 9.59 Å². The van der Waals surface area contributed by atoms with Crippen molar-refractivity contribution >= 4 is 23.7 Å². The Balaban J connectivity index is 2.75. The van der Waals surface area contributed by atoms with Gasteiger partial charge in [-0.05, 0) is 37.5 Å².